The summed E-state index contributed by atoms with van der Waals surface area (Å²) in [5.74, 6) is -0.662. The van der Waals surface area contributed by atoms with Gasteiger partial charge in [0.2, 0.25) is 0 Å². The topological polar surface area (TPSA) is 50.7 Å². The van der Waals surface area contributed by atoms with Crippen molar-refractivity contribution < 1.29 is 22.7 Å². The van der Waals surface area contributed by atoms with Crippen LogP contribution in [0.2, 0.25) is 5.02 Å². The Morgan fingerprint density at radius 1 is 1.32 bits per heavy atom. The Balaban J connectivity index is 1.86. The largest absolute Gasteiger partial charge is 0.573 e. The third kappa shape index (κ3) is 2.99. The van der Waals surface area contributed by atoms with Crippen LogP contribution in [0.3, 0.4) is 0 Å². The van der Waals surface area contributed by atoms with E-state index in [0.29, 0.717) is 17.0 Å². The number of alkyl halides is 3. The van der Waals surface area contributed by atoms with Gasteiger partial charge in [-0.1, -0.05) is 23.7 Å². The maximum atomic E-state index is 12.2. The standard InChI is InChI=1S/C14H8ClF3N2O2/c15-10-6-8(22-14(16,17)18)2-3-9(10)7-1-4-11-12(5-7)20-13(21)19-11/h1-7H,(H,20,21). The molecular formula is C14H8ClF3N2O2. The van der Waals surface area contributed by atoms with Gasteiger partial charge < -0.3 is 10.1 Å². The van der Waals surface area contributed by atoms with Crippen molar-refractivity contribution in [1.29, 1.82) is 0 Å². The van der Waals surface area contributed by atoms with E-state index in [1.807, 2.05) is 0 Å². The molecule has 0 spiro atoms. The molecule has 114 valence electrons. The summed E-state index contributed by atoms with van der Waals surface area (Å²) >= 11 is 6.04. The number of aliphatic imine (C=N–C) groups is 1. The number of nitrogens with one attached hydrogen (secondary N) is 1. The summed E-state index contributed by atoms with van der Waals surface area (Å²) in [5, 5.41) is 2.71. The van der Waals surface area contributed by atoms with Gasteiger partial charge in [0.15, 0.2) is 0 Å². The SMILES string of the molecule is O=C1N=C2C=CC(c3ccc(OC(F)(F)F)cc3Cl)C=C2N1. The summed E-state index contributed by atoms with van der Waals surface area (Å²) in [6.45, 7) is 0. The zero-order valence-corrected chi connectivity index (χ0v) is 11.6. The second-order valence-corrected chi connectivity index (χ2v) is 5.03. The van der Waals surface area contributed by atoms with Crippen molar-refractivity contribution in [2.45, 2.75) is 12.3 Å². The molecule has 22 heavy (non-hydrogen) atoms. The van der Waals surface area contributed by atoms with E-state index in [2.05, 4.69) is 15.0 Å². The highest BCUT2D eigenvalue weighted by atomic mass is 35.5. The number of carbonyl (C=O) groups excluding carboxylic acids is 1. The molecule has 1 aliphatic carbocycles. The Bertz CT molecular complexity index is 738. The van der Waals surface area contributed by atoms with Crippen molar-refractivity contribution in [1.82, 2.24) is 5.32 Å². The molecule has 1 heterocycles. The summed E-state index contributed by atoms with van der Waals surface area (Å²) < 4.78 is 40.3. The number of nitrogens with zero attached hydrogens (tertiary/aromatic N) is 1. The fourth-order valence-corrected chi connectivity index (χ4v) is 2.53. The van der Waals surface area contributed by atoms with E-state index in [0.717, 1.165) is 6.07 Å². The number of amides is 2. The minimum atomic E-state index is -4.77. The summed E-state index contributed by atoms with van der Waals surface area (Å²) in [7, 11) is 0. The predicted octanol–water partition coefficient (Wildman–Crippen LogP) is 3.94. The van der Waals surface area contributed by atoms with Crippen molar-refractivity contribution in [3.05, 3.63) is 52.7 Å². The quantitative estimate of drug-likeness (QED) is 0.894. The molecule has 1 N–H and O–H groups in total. The average Bonchev–Trinajstić information content (AvgIpc) is 2.76. The van der Waals surface area contributed by atoms with Crippen LogP contribution < -0.4 is 10.1 Å². The van der Waals surface area contributed by atoms with Gasteiger partial charge in [0, 0.05) is 10.9 Å². The van der Waals surface area contributed by atoms with Crippen molar-refractivity contribution in [2.75, 3.05) is 0 Å². The van der Waals surface area contributed by atoms with Crippen LogP contribution in [0.4, 0.5) is 18.0 Å². The maximum absolute atomic E-state index is 12.2. The second-order valence-electron chi connectivity index (χ2n) is 4.62. The van der Waals surface area contributed by atoms with Gasteiger partial charge in [-0.15, -0.1) is 13.2 Å². The maximum Gasteiger partial charge on any atom is 0.573 e. The Kier molecular flexibility index (Phi) is 3.44. The molecular weight excluding hydrogens is 321 g/mol. The highest BCUT2D eigenvalue weighted by Gasteiger charge is 2.31. The first-order chi connectivity index (χ1) is 10.3. The number of benzene rings is 1. The molecule has 1 unspecified atom stereocenters. The predicted molar refractivity (Wildman–Crippen MR) is 74.1 cm³/mol. The molecule has 0 radical (unpaired) electrons. The number of allylic oxidation sites excluding steroid dienone is 3. The normalized spacial score (nSPS) is 20.2. The van der Waals surface area contributed by atoms with Crippen LogP contribution in [-0.2, 0) is 0 Å². The molecule has 0 bridgehead atoms. The lowest BCUT2D eigenvalue weighted by Crippen LogP contribution is -2.18. The van der Waals surface area contributed by atoms with E-state index >= 15 is 0 Å². The van der Waals surface area contributed by atoms with E-state index in [1.165, 1.54) is 12.1 Å². The van der Waals surface area contributed by atoms with Crippen LogP contribution in [0.5, 0.6) is 5.75 Å². The molecule has 4 nitrogen and oxygen atoms in total. The summed E-state index contributed by atoms with van der Waals surface area (Å²) in [5.41, 5.74) is 1.68. The third-order valence-corrected chi connectivity index (χ3v) is 3.44. The van der Waals surface area contributed by atoms with Gasteiger partial charge in [0.1, 0.15) is 5.75 Å². The number of ether oxygens (including phenoxy) is 1. The minimum Gasteiger partial charge on any atom is -0.406 e. The molecule has 8 heteroatoms. The molecule has 1 aromatic carbocycles. The van der Waals surface area contributed by atoms with E-state index in [9.17, 15) is 18.0 Å². The van der Waals surface area contributed by atoms with Crippen molar-refractivity contribution >= 4 is 23.3 Å². The minimum absolute atomic E-state index is 0.137. The zero-order valence-electron chi connectivity index (χ0n) is 10.8. The smallest absolute Gasteiger partial charge is 0.406 e. The molecule has 1 aromatic rings. The highest BCUT2D eigenvalue weighted by Crippen LogP contribution is 2.34. The third-order valence-electron chi connectivity index (χ3n) is 3.11. The number of fused-ring (bicyclic) bond motifs is 1. The molecule has 0 saturated carbocycles. The lowest BCUT2D eigenvalue weighted by Gasteiger charge is -2.17. The molecule has 0 saturated heterocycles. The Hall–Kier alpha value is -2.28. The monoisotopic (exact) mass is 328 g/mol. The van der Waals surface area contributed by atoms with E-state index in [4.69, 9.17) is 11.6 Å². The van der Waals surface area contributed by atoms with Gasteiger partial charge >= 0.3 is 12.4 Å². The number of carbonyl (C=O) groups is 1. The molecule has 2 amide bonds. The lowest BCUT2D eigenvalue weighted by atomic mass is 9.92. The van der Waals surface area contributed by atoms with Crippen LogP contribution in [-0.4, -0.2) is 18.1 Å². The van der Waals surface area contributed by atoms with Crippen molar-refractivity contribution in [3.8, 4) is 5.75 Å². The van der Waals surface area contributed by atoms with E-state index in [-0.39, 0.29) is 16.7 Å². The molecule has 1 aliphatic heterocycles. The van der Waals surface area contributed by atoms with Gasteiger partial charge in [0.25, 0.3) is 0 Å². The first-order valence-electron chi connectivity index (χ1n) is 6.17. The van der Waals surface area contributed by atoms with Gasteiger partial charge in [-0.25, -0.2) is 4.79 Å². The Labute approximate surface area is 127 Å². The van der Waals surface area contributed by atoms with E-state index in [1.54, 1.807) is 18.2 Å². The zero-order chi connectivity index (χ0) is 15.9. The summed E-state index contributed by atoms with van der Waals surface area (Å²) in [6.07, 6.45) is 0.384. The molecule has 1 atom stereocenters. The number of hydrogen-bond donors (Lipinski definition) is 1. The second kappa shape index (κ2) is 5.17. The van der Waals surface area contributed by atoms with E-state index < -0.39 is 12.4 Å². The summed E-state index contributed by atoms with van der Waals surface area (Å²) in [4.78, 5) is 14.9. The Morgan fingerprint density at radius 2 is 2.09 bits per heavy atom. The van der Waals surface area contributed by atoms with Crippen LogP contribution in [0, 0.1) is 0 Å². The lowest BCUT2D eigenvalue weighted by molar-refractivity contribution is -0.274. The van der Waals surface area contributed by atoms with Crippen molar-refractivity contribution in [3.63, 3.8) is 0 Å². The average molecular weight is 329 g/mol. The first kappa shape index (κ1) is 14.6. The number of hydrogen-bond acceptors (Lipinski definition) is 2. The fourth-order valence-electron chi connectivity index (χ4n) is 2.23. The van der Waals surface area contributed by atoms with Crippen LogP contribution in [0.15, 0.2) is 47.1 Å². The highest BCUT2D eigenvalue weighted by molar-refractivity contribution is 6.31. The van der Waals surface area contributed by atoms with Crippen LogP contribution in [0.1, 0.15) is 11.5 Å². The number of rotatable bonds is 2. The van der Waals surface area contributed by atoms with Gasteiger partial charge in [-0.2, -0.15) is 4.99 Å². The van der Waals surface area contributed by atoms with Gasteiger partial charge in [0.05, 0.1) is 11.4 Å². The van der Waals surface area contributed by atoms with Crippen molar-refractivity contribution in [2.24, 2.45) is 4.99 Å². The summed E-state index contributed by atoms with van der Waals surface area (Å²) in [6, 6.07) is 3.30. The molecule has 2 aliphatic rings. The molecule has 0 fully saturated rings. The molecule has 0 aromatic heterocycles. The van der Waals surface area contributed by atoms with Gasteiger partial charge in [-0.3, -0.25) is 0 Å². The molecule has 3 rings (SSSR count). The van der Waals surface area contributed by atoms with Gasteiger partial charge in [-0.05, 0) is 29.8 Å². The number of urea groups is 1. The fraction of sp³-hybridized carbons (Fsp3) is 0.143. The Morgan fingerprint density at radius 3 is 2.77 bits per heavy atom. The van der Waals surface area contributed by atoms with Crippen LogP contribution in [0.25, 0.3) is 0 Å². The van der Waals surface area contributed by atoms with Crippen LogP contribution >= 0.6 is 11.6 Å². The first-order valence-corrected chi connectivity index (χ1v) is 6.55. The number of halogens is 4.